The molecule has 0 bridgehead atoms. The van der Waals surface area contributed by atoms with Crippen LogP contribution in [0.4, 0.5) is 28.4 Å². The Bertz CT molecular complexity index is 1870. The number of ether oxygens (including phenoxy) is 2. The molecule has 0 atom stereocenters. The number of fused-ring (bicyclic) bond motifs is 2. The van der Waals surface area contributed by atoms with Crippen molar-refractivity contribution in [3.63, 3.8) is 0 Å². The van der Waals surface area contributed by atoms with Crippen LogP contribution >= 0.6 is 0 Å². The van der Waals surface area contributed by atoms with Gasteiger partial charge in [-0.05, 0) is 72.8 Å². The molecule has 1 aliphatic rings. The molecule has 0 saturated carbocycles. The number of hydrogen-bond donors (Lipinski definition) is 0. The van der Waals surface area contributed by atoms with E-state index in [1.165, 1.54) is 12.1 Å². The zero-order chi connectivity index (χ0) is 29.9. The first-order valence-corrected chi connectivity index (χ1v) is 13.1. The third-order valence-corrected chi connectivity index (χ3v) is 6.94. The van der Waals surface area contributed by atoms with Gasteiger partial charge in [-0.15, -0.1) is 0 Å². The minimum absolute atomic E-state index is 0.288. The number of nitrogens with zero attached hydrogens (tertiary/aromatic N) is 6. The Morgan fingerprint density at radius 2 is 0.860 bits per heavy atom. The summed E-state index contributed by atoms with van der Waals surface area (Å²) >= 11 is 0. The van der Waals surface area contributed by atoms with Crippen molar-refractivity contribution in [2.45, 2.75) is 0 Å². The maximum absolute atomic E-state index is 9.55. The van der Waals surface area contributed by atoms with Crippen LogP contribution in [0.1, 0.15) is 22.3 Å². The predicted octanol–water partition coefficient (Wildman–Crippen LogP) is 8.31. The highest BCUT2D eigenvalue weighted by Gasteiger charge is 2.31. The molecule has 5 aromatic carbocycles. The molecule has 43 heavy (non-hydrogen) atoms. The van der Waals surface area contributed by atoms with Gasteiger partial charge in [-0.2, -0.15) is 21.0 Å². The number of anilines is 5. The van der Waals surface area contributed by atoms with E-state index in [1.807, 2.05) is 60.5 Å². The molecule has 202 valence electrons. The van der Waals surface area contributed by atoms with Crippen LogP contribution in [0.5, 0.6) is 23.0 Å². The van der Waals surface area contributed by atoms with Crippen molar-refractivity contribution in [3.8, 4) is 47.3 Å². The minimum Gasteiger partial charge on any atom is -0.455 e. The maximum atomic E-state index is 9.55. The molecule has 0 amide bonds. The van der Waals surface area contributed by atoms with Gasteiger partial charge in [0.1, 0.15) is 17.2 Å². The van der Waals surface area contributed by atoms with Crippen molar-refractivity contribution in [1.29, 1.82) is 21.0 Å². The zero-order valence-electron chi connectivity index (χ0n) is 22.8. The Balaban J connectivity index is 1.60. The largest absolute Gasteiger partial charge is 0.455 e. The van der Waals surface area contributed by atoms with Crippen LogP contribution in [-0.2, 0) is 0 Å². The lowest BCUT2D eigenvalue weighted by Crippen LogP contribution is -2.24. The molecule has 0 aromatic heterocycles. The summed E-state index contributed by atoms with van der Waals surface area (Å²) in [5, 5.41) is 38.2. The van der Waals surface area contributed by atoms with Crippen molar-refractivity contribution in [2.24, 2.45) is 0 Å². The summed E-state index contributed by atoms with van der Waals surface area (Å²) in [4.78, 5) is 4.14. The first-order chi connectivity index (χ1) is 21.0. The van der Waals surface area contributed by atoms with Crippen molar-refractivity contribution in [3.05, 3.63) is 125 Å². The van der Waals surface area contributed by atoms with Gasteiger partial charge in [0.25, 0.3) is 0 Å². The van der Waals surface area contributed by atoms with E-state index in [0.717, 1.165) is 22.7 Å². The van der Waals surface area contributed by atoms with Crippen LogP contribution in [0.15, 0.2) is 103 Å². The Labute approximate surface area is 248 Å². The lowest BCUT2D eigenvalue weighted by atomic mass is 10.1. The summed E-state index contributed by atoms with van der Waals surface area (Å²) in [5.74, 6) is 1.40. The van der Waals surface area contributed by atoms with Crippen LogP contribution in [0.3, 0.4) is 0 Å². The third kappa shape index (κ3) is 4.90. The third-order valence-electron chi connectivity index (χ3n) is 6.94. The van der Waals surface area contributed by atoms with Gasteiger partial charge in [0, 0.05) is 7.05 Å². The van der Waals surface area contributed by atoms with Gasteiger partial charge in [0.15, 0.2) is 11.5 Å². The van der Waals surface area contributed by atoms with E-state index in [9.17, 15) is 21.0 Å². The average Bonchev–Trinajstić information content (AvgIpc) is 3.05. The first kappa shape index (κ1) is 26.5. The summed E-state index contributed by atoms with van der Waals surface area (Å²) in [6, 6.07) is 38.8. The van der Waals surface area contributed by atoms with Gasteiger partial charge in [-0.25, -0.2) is 0 Å². The molecular formula is C35H20N6O2. The molecule has 1 aliphatic heterocycles. The van der Waals surface area contributed by atoms with E-state index in [4.69, 9.17) is 9.47 Å². The fraction of sp³-hybridized carbons (Fsp3) is 0.0286. The molecular weight excluding hydrogens is 536 g/mol. The minimum atomic E-state index is 0.288. The van der Waals surface area contributed by atoms with Gasteiger partial charge >= 0.3 is 0 Å². The zero-order valence-corrected chi connectivity index (χ0v) is 22.8. The van der Waals surface area contributed by atoms with Crippen molar-refractivity contribution in [1.82, 2.24) is 0 Å². The molecule has 8 nitrogen and oxygen atoms in total. The molecule has 6 rings (SSSR count). The van der Waals surface area contributed by atoms with Gasteiger partial charge < -0.3 is 14.4 Å². The second-order valence-corrected chi connectivity index (χ2v) is 9.62. The molecule has 1 heterocycles. The van der Waals surface area contributed by atoms with Crippen molar-refractivity contribution < 1.29 is 9.47 Å². The van der Waals surface area contributed by atoms with E-state index in [-0.39, 0.29) is 22.3 Å². The number of benzene rings is 5. The van der Waals surface area contributed by atoms with Gasteiger partial charge in [0.05, 0.1) is 69.3 Å². The molecule has 5 aromatic rings. The highest BCUT2D eigenvalue weighted by Crippen LogP contribution is 2.56. The predicted molar refractivity (Wildman–Crippen MR) is 161 cm³/mol. The lowest BCUT2D eigenvalue weighted by Gasteiger charge is -2.39. The van der Waals surface area contributed by atoms with Crippen LogP contribution < -0.4 is 19.3 Å². The fourth-order valence-electron chi connectivity index (χ4n) is 5.09. The molecule has 8 heteroatoms. The van der Waals surface area contributed by atoms with E-state index < -0.39 is 0 Å². The highest BCUT2D eigenvalue weighted by atomic mass is 16.5. The summed E-state index contributed by atoms with van der Waals surface area (Å²) in [5.41, 5.74) is 5.29. The van der Waals surface area contributed by atoms with Crippen LogP contribution in [-0.4, -0.2) is 7.05 Å². The van der Waals surface area contributed by atoms with Crippen LogP contribution in [0.2, 0.25) is 0 Å². The SMILES string of the molecule is CN1c2ccccc2N(c2c(Oc3cc(C#N)cc(C#N)c3)cccc2Oc2cc(C#N)cc(C#N)c2)c2ccccc21. The molecule has 0 radical (unpaired) electrons. The van der Waals surface area contributed by atoms with E-state index in [0.29, 0.717) is 28.7 Å². The number of nitriles is 4. The smallest absolute Gasteiger partial charge is 0.155 e. The molecule has 0 fully saturated rings. The van der Waals surface area contributed by atoms with Gasteiger partial charge in [-0.3, -0.25) is 4.90 Å². The van der Waals surface area contributed by atoms with Crippen molar-refractivity contribution >= 4 is 28.4 Å². The molecule has 0 aliphatic carbocycles. The fourth-order valence-corrected chi connectivity index (χ4v) is 5.09. The summed E-state index contributed by atoms with van der Waals surface area (Å²) < 4.78 is 12.9. The second kappa shape index (κ2) is 11.0. The topological polar surface area (TPSA) is 120 Å². The van der Waals surface area contributed by atoms with Crippen LogP contribution in [0, 0.1) is 45.3 Å². The number of hydrogen-bond acceptors (Lipinski definition) is 8. The quantitative estimate of drug-likeness (QED) is 0.212. The lowest BCUT2D eigenvalue weighted by molar-refractivity contribution is 0.462. The average molecular weight is 557 g/mol. The monoisotopic (exact) mass is 556 g/mol. The normalized spacial score (nSPS) is 11.2. The standard InChI is InChI=1S/C35H20N6O2/c1-40-29-7-2-4-9-31(29)41(32-10-5-3-8-30(32)40)35-33(42-27-15-23(19-36)13-24(16-27)20-37)11-6-12-34(35)43-28-17-25(21-38)14-26(18-28)22-39/h2-18H,1H3. The molecule has 0 spiro atoms. The molecule has 0 unspecified atom stereocenters. The Morgan fingerprint density at radius 1 is 0.488 bits per heavy atom. The summed E-state index contributed by atoms with van der Waals surface area (Å²) in [6.45, 7) is 0. The van der Waals surface area contributed by atoms with Crippen molar-refractivity contribution in [2.75, 3.05) is 16.8 Å². The van der Waals surface area contributed by atoms with Gasteiger partial charge in [0.2, 0.25) is 0 Å². The summed E-state index contributed by atoms with van der Waals surface area (Å²) in [6.07, 6.45) is 0. The second-order valence-electron chi connectivity index (χ2n) is 9.62. The van der Waals surface area contributed by atoms with E-state index in [2.05, 4.69) is 29.2 Å². The molecule has 0 N–H and O–H groups in total. The van der Waals surface area contributed by atoms with E-state index in [1.54, 1.807) is 42.5 Å². The Morgan fingerprint density at radius 3 is 1.23 bits per heavy atom. The van der Waals surface area contributed by atoms with Crippen LogP contribution in [0.25, 0.3) is 0 Å². The molecule has 0 saturated heterocycles. The number of para-hydroxylation sites is 5. The Hall–Kier alpha value is -6.74. The van der Waals surface area contributed by atoms with Gasteiger partial charge in [-0.1, -0.05) is 30.3 Å². The maximum Gasteiger partial charge on any atom is 0.155 e. The first-order valence-electron chi connectivity index (χ1n) is 13.1. The van der Waals surface area contributed by atoms with E-state index >= 15 is 0 Å². The highest BCUT2D eigenvalue weighted by molar-refractivity contribution is 6.00. The summed E-state index contributed by atoms with van der Waals surface area (Å²) in [7, 11) is 2.00. The number of rotatable bonds is 5. The Kier molecular flexibility index (Phi) is 6.79.